The molecule has 1 fully saturated rings. The van der Waals surface area contributed by atoms with Crippen molar-refractivity contribution in [2.75, 3.05) is 32.8 Å². The van der Waals surface area contributed by atoms with Gasteiger partial charge in [0.15, 0.2) is 0 Å². The van der Waals surface area contributed by atoms with Crippen molar-refractivity contribution in [2.24, 2.45) is 0 Å². The van der Waals surface area contributed by atoms with Gasteiger partial charge in [0.25, 0.3) is 0 Å². The highest BCUT2D eigenvalue weighted by Crippen LogP contribution is 2.37. The molecule has 0 aliphatic carbocycles. The van der Waals surface area contributed by atoms with Gasteiger partial charge < -0.3 is 14.8 Å². The second-order valence-corrected chi connectivity index (χ2v) is 6.41. The van der Waals surface area contributed by atoms with Crippen molar-refractivity contribution in [3.05, 3.63) is 65.7 Å². The summed E-state index contributed by atoms with van der Waals surface area (Å²) in [6, 6.07) is 19.0. The normalized spacial score (nSPS) is 24.2. The first kappa shape index (κ1) is 15.6. The van der Waals surface area contributed by atoms with Crippen molar-refractivity contribution in [2.45, 2.75) is 18.8 Å². The molecule has 4 heteroatoms. The fourth-order valence-corrected chi connectivity index (χ4v) is 3.63. The van der Waals surface area contributed by atoms with Gasteiger partial charge in [0, 0.05) is 31.7 Å². The van der Waals surface area contributed by atoms with Crippen LogP contribution in [0.4, 0.5) is 0 Å². The van der Waals surface area contributed by atoms with E-state index in [9.17, 15) is 0 Å². The molecular formula is C20H24N2O2. The second-order valence-electron chi connectivity index (χ2n) is 6.41. The average molecular weight is 324 g/mol. The Kier molecular flexibility index (Phi) is 4.78. The van der Waals surface area contributed by atoms with Gasteiger partial charge in [0.2, 0.25) is 0 Å². The molecule has 2 aliphatic rings. The maximum atomic E-state index is 6.30. The van der Waals surface area contributed by atoms with E-state index < -0.39 is 0 Å². The molecule has 0 aromatic heterocycles. The lowest BCUT2D eigenvalue weighted by Gasteiger charge is -2.42. The third-order valence-electron chi connectivity index (χ3n) is 4.84. The quantitative estimate of drug-likeness (QED) is 0.937. The van der Waals surface area contributed by atoms with Gasteiger partial charge >= 0.3 is 0 Å². The molecule has 0 spiro atoms. The summed E-state index contributed by atoms with van der Waals surface area (Å²) in [5.41, 5.74) is 2.46. The van der Waals surface area contributed by atoms with Crippen LogP contribution >= 0.6 is 0 Å². The highest BCUT2D eigenvalue weighted by Gasteiger charge is 2.36. The molecule has 1 N–H and O–H groups in total. The molecule has 4 nitrogen and oxygen atoms in total. The summed E-state index contributed by atoms with van der Waals surface area (Å²) < 4.78 is 12.3. The molecule has 1 saturated heterocycles. The van der Waals surface area contributed by atoms with Crippen LogP contribution in [0.1, 0.15) is 17.2 Å². The van der Waals surface area contributed by atoms with Crippen molar-refractivity contribution in [3.63, 3.8) is 0 Å². The van der Waals surface area contributed by atoms with Crippen molar-refractivity contribution in [1.82, 2.24) is 10.2 Å². The van der Waals surface area contributed by atoms with Gasteiger partial charge in [-0.15, -0.1) is 0 Å². The van der Waals surface area contributed by atoms with E-state index in [1.165, 1.54) is 11.1 Å². The summed E-state index contributed by atoms with van der Waals surface area (Å²) in [5.74, 6) is 1.00. The molecule has 0 amide bonds. The topological polar surface area (TPSA) is 33.7 Å². The lowest BCUT2D eigenvalue weighted by Crippen LogP contribution is -2.51. The molecule has 0 saturated carbocycles. The van der Waals surface area contributed by atoms with Gasteiger partial charge in [0.05, 0.1) is 12.6 Å². The molecule has 126 valence electrons. The van der Waals surface area contributed by atoms with Crippen molar-refractivity contribution >= 4 is 0 Å². The first-order valence-electron chi connectivity index (χ1n) is 8.74. The third kappa shape index (κ3) is 3.31. The zero-order chi connectivity index (χ0) is 16.2. The van der Waals surface area contributed by atoms with Gasteiger partial charge in [-0.25, -0.2) is 0 Å². The van der Waals surface area contributed by atoms with Gasteiger partial charge in [-0.2, -0.15) is 0 Å². The van der Waals surface area contributed by atoms with Gasteiger partial charge in [0.1, 0.15) is 18.5 Å². The van der Waals surface area contributed by atoms with Crippen LogP contribution in [-0.4, -0.2) is 43.8 Å². The van der Waals surface area contributed by atoms with E-state index in [4.69, 9.17) is 9.47 Å². The molecule has 0 bridgehead atoms. The van der Waals surface area contributed by atoms with Crippen molar-refractivity contribution < 1.29 is 9.47 Å². The number of hydrogen-bond donors (Lipinski definition) is 1. The Hall–Kier alpha value is -1.88. The minimum atomic E-state index is 0.0539. The predicted octanol–water partition coefficient (Wildman–Crippen LogP) is 2.61. The Morgan fingerprint density at radius 2 is 1.75 bits per heavy atom. The Labute approximate surface area is 143 Å². The van der Waals surface area contributed by atoms with Gasteiger partial charge in [-0.1, -0.05) is 48.5 Å². The van der Waals surface area contributed by atoms with Crippen molar-refractivity contribution in [3.8, 4) is 5.75 Å². The van der Waals surface area contributed by atoms with E-state index in [1.807, 2.05) is 12.1 Å². The highest BCUT2D eigenvalue weighted by molar-refractivity contribution is 5.38. The maximum Gasteiger partial charge on any atom is 0.124 e. The predicted molar refractivity (Wildman–Crippen MR) is 94.1 cm³/mol. The summed E-state index contributed by atoms with van der Waals surface area (Å²) in [4.78, 5) is 2.54. The summed E-state index contributed by atoms with van der Waals surface area (Å²) >= 11 is 0. The zero-order valence-electron chi connectivity index (χ0n) is 13.9. The summed E-state index contributed by atoms with van der Waals surface area (Å²) in [6.45, 7) is 5.39. The van der Waals surface area contributed by atoms with Crippen LogP contribution in [0.25, 0.3) is 0 Å². The number of piperazine rings is 1. The van der Waals surface area contributed by atoms with E-state index >= 15 is 0 Å². The molecule has 2 aliphatic heterocycles. The van der Waals surface area contributed by atoms with Crippen LogP contribution in [0.15, 0.2) is 54.6 Å². The number of nitrogens with one attached hydrogen (secondary N) is 1. The zero-order valence-corrected chi connectivity index (χ0v) is 13.9. The first-order valence-corrected chi connectivity index (χ1v) is 8.74. The standard InChI is InChI=1S/C20H24N2O2/c1-2-6-16(7-3-1)14-23-19-15-24-18-9-5-4-8-17(18)20(19)22-12-10-21-11-13-22/h1-9,19-21H,10-15H2/t19-,20-/m0/s1. The summed E-state index contributed by atoms with van der Waals surface area (Å²) in [7, 11) is 0. The first-order chi connectivity index (χ1) is 11.9. The fraction of sp³-hybridized carbons (Fsp3) is 0.400. The Balaban J connectivity index is 1.55. The van der Waals surface area contributed by atoms with Crippen LogP contribution in [-0.2, 0) is 11.3 Å². The molecule has 0 unspecified atom stereocenters. The summed E-state index contributed by atoms with van der Waals surface area (Å²) in [5, 5.41) is 3.44. The molecule has 2 atom stereocenters. The molecule has 24 heavy (non-hydrogen) atoms. The molecule has 2 aromatic rings. The van der Waals surface area contributed by atoms with E-state index in [-0.39, 0.29) is 12.1 Å². The third-order valence-corrected chi connectivity index (χ3v) is 4.84. The van der Waals surface area contributed by atoms with Crippen molar-refractivity contribution in [1.29, 1.82) is 0 Å². The monoisotopic (exact) mass is 324 g/mol. The highest BCUT2D eigenvalue weighted by atomic mass is 16.5. The average Bonchev–Trinajstić information content (AvgIpc) is 2.67. The number of benzene rings is 2. The number of fused-ring (bicyclic) bond motifs is 1. The van der Waals surface area contributed by atoms with Crippen LogP contribution in [0, 0.1) is 0 Å². The van der Waals surface area contributed by atoms with Crippen LogP contribution in [0.5, 0.6) is 5.75 Å². The van der Waals surface area contributed by atoms with Crippen LogP contribution < -0.4 is 10.1 Å². The number of ether oxygens (including phenoxy) is 2. The molecule has 0 radical (unpaired) electrons. The SMILES string of the molecule is c1ccc(CO[C@H]2COc3ccccc3[C@@H]2N2CCNCC2)cc1. The molecular weight excluding hydrogens is 300 g/mol. The minimum Gasteiger partial charge on any atom is -0.490 e. The van der Waals surface area contributed by atoms with Gasteiger partial charge in [-0.05, 0) is 11.6 Å². The number of para-hydroxylation sites is 1. The van der Waals surface area contributed by atoms with E-state index in [2.05, 4.69) is 52.7 Å². The largest absolute Gasteiger partial charge is 0.490 e. The fourth-order valence-electron chi connectivity index (χ4n) is 3.63. The van der Waals surface area contributed by atoms with Crippen LogP contribution in [0.2, 0.25) is 0 Å². The van der Waals surface area contributed by atoms with Gasteiger partial charge in [-0.3, -0.25) is 4.90 Å². The molecule has 2 heterocycles. The Bertz CT molecular complexity index is 656. The Morgan fingerprint density at radius 3 is 2.58 bits per heavy atom. The smallest absolute Gasteiger partial charge is 0.124 e. The van der Waals surface area contributed by atoms with Crippen LogP contribution in [0.3, 0.4) is 0 Å². The molecule has 4 rings (SSSR count). The van der Waals surface area contributed by atoms with E-state index in [1.54, 1.807) is 0 Å². The Morgan fingerprint density at radius 1 is 1.00 bits per heavy atom. The van der Waals surface area contributed by atoms with E-state index in [0.717, 1.165) is 31.9 Å². The number of hydrogen-bond acceptors (Lipinski definition) is 4. The lowest BCUT2D eigenvalue weighted by atomic mass is 9.95. The summed E-state index contributed by atoms with van der Waals surface area (Å²) in [6.07, 6.45) is 0.0539. The minimum absolute atomic E-state index is 0.0539. The number of rotatable bonds is 4. The lowest BCUT2D eigenvalue weighted by molar-refractivity contribution is -0.0617. The molecule has 2 aromatic carbocycles. The second kappa shape index (κ2) is 7.34. The number of nitrogens with zero attached hydrogens (tertiary/aromatic N) is 1. The maximum absolute atomic E-state index is 6.30. The van der Waals surface area contributed by atoms with E-state index in [0.29, 0.717) is 13.2 Å².